The van der Waals surface area contributed by atoms with Crippen LogP contribution in [0, 0.1) is 17.8 Å². The first-order valence-corrected chi connectivity index (χ1v) is 20.4. The molecule has 0 radical (unpaired) electrons. The molecule has 16 atom stereocenters. The highest BCUT2D eigenvalue weighted by atomic mass is 16.7. The molecule has 16 nitrogen and oxygen atoms in total. The molecule has 3 heterocycles. The minimum atomic E-state index is -1.50. The minimum Gasteiger partial charge on any atom is -0.462 e. The number of nitrogens with zero attached hydrogens (tertiary/aromatic N) is 1. The summed E-state index contributed by atoms with van der Waals surface area (Å²) in [5, 5.41) is 34.6. The Morgan fingerprint density at radius 2 is 1.71 bits per heavy atom. The van der Waals surface area contributed by atoms with Crippen molar-refractivity contribution in [2.45, 2.75) is 179 Å². The van der Waals surface area contributed by atoms with Crippen molar-refractivity contribution in [3.63, 3.8) is 0 Å². The third-order valence-electron chi connectivity index (χ3n) is 10.9. The smallest absolute Gasteiger partial charge is 0.309 e. The SMILES string of the molecule is COC1[C@@H](O[C@@H]2O[C@H](C)[C@@H](O[C@H]3C[C@@](C)(O)[C@@H](OC(=O)CC(C)C)[C@H](C)O3)[C@@H](N(C)C)[C@H]2O)C(CC=O)C[C@@H](C)[C@@H](O)/C=C/C=C/C[C@@H](C)OC(=O)C[C@H]1OC(C)=O. The summed E-state index contributed by atoms with van der Waals surface area (Å²) in [4.78, 5) is 52.3. The fourth-order valence-electron chi connectivity index (χ4n) is 8.08. The molecule has 3 aliphatic rings. The molecule has 58 heavy (non-hydrogen) atoms. The maximum absolute atomic E-state index is 13.2. The number of aliphatic hydroxyl groups excluding tert-OH is 2. The summed E-state index contributed by atoms with van der Waals surface area (Å²) in [6.45, 7) is 13.5. The van der Waals surface area contributed by atoms with Crippen molar-refractivity contribution >= 4 is 24.2 Å². The van der Waals surface area contributed by atoms with E-state index < -0.39 is 121 Å². The van der Waals surface area contributed by atoms with Crippen LogP contribution in [0.5, 0.6) is 0 Å². The first-order valence-electron chi connectivity index (χ1n) is 20.4. The number of allylic oxidation sites excluding steroid dienone is 2. The number of rotatable bonds is 12. The minimum absolute atomic E-state index is 0.0460. The zero-order valence-electron chi connectivity index (χ0n) is 36.1. The average Bonchev–Trinajstić information content (AvgIpc) is 3.09. The van der Waals surface area contributed by atoms with Gasteiger partial charge in [0.15, 0.2) is 18.7 Å². The number of hydrogen-bond acceptors (Lipinski definition) is 16. The highest BCUT2D eigenvalue weighted by Gasteiger charge is 2.53. The van der Waals surface area contributed by atoms with Gasteiger partial charge in [0.05, 0.1) is 36.9 Å². The van der Waals surface area contributed by atoms with E-state index in [-0.39, 0.29) is 31.6 Å². The van der Waals surface area contributed by atoms with Crippen LogP contribution in [0.15, 0.2) is 24.3 Å². The first-order chi connectivity index (χ1) is 27.2. The van der Waals surface area contributed by atoms with Gasteiger partial charge < -0.3 is 62.9 Å². The van der Waals surface area contributed by atoms with Crippen LogP contribution >= 0.6 is 0 Å². The fourth-order valence-corrected chi connectivity index (χ4v) is 8.08. The van der Waals surface area contributed by atoms with Crippen molar-refractivity contribution in [1.29, 1.82) is 0 Å². The zero-order valence-corrected chi connectivity index (χ0v) is 36.1. The number of methoxy groups -OCH3 is 1. The van der Waals surface area contributed by atoms with Gasteiger partial charge in [0.2, 0.25) is 0 Å². The van der Waals surface area contributed by atoms with Gasteiger partial charge in [-0.3, -0.25) is 14.4 Å². The summed E-state index contributed by atoms with van der Waals surface area (Å²) in [7, 11) is 4.86. The van der Waals surface area contributed by atoms with E-state index in [1.165, 1.54) is 14.0 Å². The second-order valence-corrected chi connectivity index (χ2v) is 17.0. The van der Waals surface area contributed by atoms with Crippen molar-refractivity contribution in [3.8, 4) is 0 Å². The number of ether oxygens (including phenoxy) is 8. The van der Waals surface area contributed by atoms with Gasteiger partial charge in [0.1, 0.15) is 42.4 Å². The van der Waals surface area contributed by atoms with Gasteiger partial charge in [-0.05, 0) is 66.0 Å². The molecule has 2 fully saturated rings. The predicted octanol–water partition coefficient (Wildman–Crippen LogP) is 3.01. The Morgan fingerprint density at radius 3 is 2.29 bits per heavy atom. The molecule has 0 aromatic carbocycles. The molecule has 16 heteroatoms. The van der Waals surface area contributed by atoms with E-state index in [4.69, 9.17) is 37.9 Å². The van der Waals surface area contributed by atoms with E-state index in [2.05, 4.69) is 0 Å². The van der Waals surface area contributed by atoms with Crippen molar-refractivity contribution in [3.05, 3.63) is 24.3 Å². The van der Waals surface area contributed by atoms with E-state index in [1.54, 1.807) is 71.0 Å². The van der Waals surface area contributed by atoms with Crippen LogP contribution in [-0.2, 0) is 57.1 Å². The molecule has 3 N–H and O–H groups in total. The Hall–Kier alpha value is -2.80. The van der Waals surface area contributed by atoms with Gasteiger partial charge >= 0.3 is 17.9 Å². The largest absolute Gasteiger partial charge is 0.462 e. The second-order valence-electron chi connectivity index (χ2n) is 17.0. The van der Waals surface area contributed by atoms with Gasteiger partial charge in [0.25, 0.3) is 0 Å². The Labute approximate surface area is 343 Å². The number of likely N-dealkylation sites (N-methyl/N-ethyl adjacent to an activating group) is 1. The summed E-state index contributed by atoms with van der Waals surface area (Å²) >= 11 is 0. The zero-order chi connectivity index (χ0) is 43.5. The van der Waals surface area contributed by atoms with Crippen molar-refractivity contribution in [1.82, 2.24) is 4.90 Å². The van der Waals surface area contributed by atoms with Crippen LogP contribution in [-0.4, -0.2) is 151 Å². The van der Waals surface area contributed by atoms with Gasteiger partial charge in [-0.25, -0.2) is 0 Å². The van der Waals surface area contributed by atoms with E-state index in [0.717, 1.165) is 0 Å². The van der Waals surface area contributed by atoms with Crippen LogP contribution in [0.25, 0.3) is 0 Å². The quantitative estimate of drug-likeness (QED) is 0.147. The van der Waals surface area contributed by atoms with Gasteiger partial charge in [-0.2, -0.15) is 0 Å². The molecule has 0 aliphatic carbocycles. The van der Waals surface area contributed by atoms with E-state index in [9.17, 15) is 34.5 Å². The fraction of sp³-hybridized carbons (Fsp3) is 0.810. The first kappa shape index (κ1) is 49.6. The van der Waals surface area contributed by atoms with Gasteiger partial charge in [0, 0.05) is 39.7 Å². The highest BCUT2D eigenvalue weighted by Crippen LogP contribution is 2.38. The van der Waals surface area contributed by atoms with Crippen molar-refractivity contribution in [2.24, 2.45) is 17.8 Å². The number of esters is 3. The molecule has 2 unspecified atom stereocenters. The standard InChI is InChI=1S/C42H69NO15/c1-23(2)19-32(47)56-40-27(6)53-34(22-42(40,8)50)57-37-26(5)54-41(36(49)35(37)43(9)10)58-38-29(17-18-44)20-24(3)30(46)16-14-12-13-15-25(4)52-33(48)21-31(39(38)51-11)55-28(7)45/h12-14,16,18,23-27,29-31,34-41,46,49-50H,15,17,19-22H2,1-11H3/b13-12+,16-14+/t24-,25-,26-,27+,29?,30+,31-,34+,35+,36-,37-,38+,39?,40+,41+,42-/m1/s1. The van der Waals surface area contributed by atoms with Crippen LogP contribution in [0.4, 0.5) is 0 Å². The molecule has 0 bridgehead atoms. The Bertz CT molecular complexity index is 1390. The molecule has 0 amide bonds. The van der Waals surface area contributed by atoms with Crippen molar-refractivity contribution < 1.29 is 72.4 Å². The molecular formula is C42H69NO15. The van der Waals surface area contributed by atoms with E-state index in [0.29, 0.717) is 12.7 Å². The molecule has 0 aromatic rings. The molecule has 2 saturated heterocycles. The second kappa shape index (κ2) is 22.7. The lowest BCUT2D eigenvalue weighted by Gasteiger charge is -2.50. The Balaban J connectivity index is 1.98. The van der Waals surface area contributed by atoms with Gasteiger partial charge in [-0.15, -0.1) is 0 Å². The summed E-state index contributed by atoms with van der Waals surface area (Å²) in [6.07, 6.45) is -4.11. The number of hydrogen-bond donors (Lipinski definition) is 3. The molecule has 0 spiro atoms. The maximum atomic E-state index is 13.2. The predicted molar refractivity (Wildman–Crippen MR) is 210 cm³/mol. The molecule has 332 valence electrons. The van der Waals surface area contributed by atoms with Crippen molar-refractivity contribution in [2.75, 3.05) is 21.2 Å². The lowest BCUT2D eigenvalue weighted by atomic mass is 9.82. The lowest BCUT2D eigenvalue weighted by Crippen LogP contribution is -2.66. The maximum Gasteiger partial charge on any atom is 0.309 e. The van der Waals surface area contributed by atoms with Crippen LogP contribution in [0.3, 0.4) is 0 Å². The lowest BCUT2D eigenvalue weighted by molar-refractivity contribution is -0.344. The molecule has 3 aliphatic heterocycles. The van der Waals surface area contributed by atoms with Crippen LogP contribution in [0.2, 0.25) is 0 Å². The monoisotopic (exact) mass is 827 g/mol. The number of cyclic esters (lactones) is 1. The normalized spacial score (nSPS) is 40.7. The van der Waals surface area contributed by atoms with Crippen LogP contribution < -0.4 is 0 Å². The molecule has 0 saturated carbocycles. The molecular weight excluding hydrogens is 758 g/mol. The Kier molecular flexibility index (Phi) is 19.4. The number of aldehydes is 1. The third-order valence-corrected chi connectivity index (χ3v) is 10.9. The van der Waals surface area contributed by atoms with Gasteiger partial charge in [-0.1, -0.05) is 45.1 Å². The topological polar surface area (TPSA) is 206 Å². The summed E-state index contributed by atoms with van der Waals surface area (Å²) < 4.78 is 48.6. The Morgan fingerprint density at radius 1 is 1.02 bits per heavy atom. The summed E-state index contributed by atoms with van der Waals surface area (Å²) in [5.41, 5.74) is -1.50. The molecule has 0 aromatic heterocycles. The number of aliphatic hydroxyl groups is 3. The summed E-state index contributed by atoms with van der Waals surface area (Å²) in [5.74, 6) is -2.82. The number of carbonyl (C=O) groups is 4. The summed E-state index contributed by atoms with van der Waals surface area (Å²) in [6, 6.07) is -0.782. The van der Waals surface area contributed by atoms with E-state index in [1.807, 2.05) is 20.8 Å². The molecule has 3 rings (SSSR count). The third kappa shape index (κ3) is 14.2. The highest BCUT2D eigenvalue weighted by molar-refractivity contribution is 5.72. The number of carbonyl (C=O) groups excluding carboxylic acids is 4. The van der Waals surface area contributed by atoms with Crippen LogP contribution in [0.1, 0.15) is 93.9 Å². The van der Waals surface area contributed by atoms with E-state index >= 15 is 0 Å². The average molecular weight is 828 g/mol.